The maximum Gasteiger partial charge on any atom is 0.160 e. The minimum atomic E-state index is -0.564. The third-order valence-corrected chi connectivity index (χ3v) is 13.0. The van der Waals surface area contributed by atoms with Gasteiger partial charge in [-0.2, -0.15) is 0 Å². The van der Waals surface area contributed by atoms with Crippen molar-refractivity contribution < 1.29 is 4.74 Å². The van der Waals surface area contributed by atoms with Crippen LogP contribution in [0.3, 0.4) is 0 Å². The van der Waals surface area contributed by atoms with E-state index in [2.05, 4.69) is 170 Å². The highest BCUT2D eigenvalue weighted by Gasteiger charge is 2.52. The molecule has 0 atom stereocenters. The topological polar surface area (TPSA) is 35.0 Å². The molecule has 12 rings (SSSR count). The van der Waals surface area contributed by atoms with Crippen LogP contribution in [-0.2, 0) is 5.41 Å². The van der Waals surface area contributed by atoms with E-state index in [-0.39, 0.29) is 0 Å². The van der Waals surface area contributed by atoms with E-state index in [0.29, 0.717) is 5.82 Å². The van der Waals surface area contributed by atoms with Gasteiger partial charge in [0, 0.05) is 48.0 Å². The van der Waals surface area contributed by atoms with Gasteiger partial charge in [0.05, 0.1) is 16.8 Å². The molecule has 0 saturated heterocycles. The summed E-state index contributed by atoms with van der Waals surface area (Å²) in [6, 6.07) is 69.3. The maximum atomic E-state index is 6.67. The standard InChI is InChI=1S/C53H32N2OS/c1-3-15-34(16-4-1)44-32-45(55-52(54-44)36-17-5-2-6-18-36)35-29-27-33(28-30-35)39-31-43-49(50-38-20-8-14-26-48(38)57-51(39)50)37-19-7-9-21-40(37)53(43)41-22-10-12-24-46(41)56-47-25-13-11-23-42(47)53/h1-32H. The minimum absolute atomic E-state index is 0.564. The van der Waals surface area contributed by atoms with Crippen molar-refractivity contribution >= 4 is 31.5 Å². The highest BCUT2D eigenvalue weighted by molar-refractivity contribution is 7.26. The summed E-state index contributed by atoms with van der Waals surface area (Å²) in [7, 11) is 0. The normalized spacial score (nSPS) is 13.2. The lowest BCUT2D eigenvalue weighted by Gasteiger charge is -2.39. The maximum absolute atomic E-state index is 6.67. The van der Waals surface area contributed by atoms with E-state index in [1.165, 1.54) is 64.7 Å². The molecule has 2 aromatic heterocycles. The van der Waals surface area contributed by atoms with Gasteiger partial charge in [0.15, 0.2) is 5.82 Å². The third kappa shape index (κ3) is 4.71. The first-order chi connectivity index (χ1) is 28.3. The summed E-state index contributed by atoms with van der Waals surface area (Å²) in [5, 5.41) is 2.60. The number of aromatic nitrogens is 2. The Kier molecular flexibility index (Phi) is 7.01. The molecule has 3 nitrogen and oxygen atoms in total. The number of para-hydroxylation sites is 2. The van der Waals surface area contributed by atoms with Gasteiger partial charge in [0.25, 0.3) is 0 Å². The molecular formula is C53H32N2OS. The second kappa shape index (κ2) is 12.4. The van der Waals surface area contributed by atoms with Crippen molar-refractivity contribution in [1.29, 1.82) is 0 Å². The minimum Gasteiger partial charge on any atom is -0.457 e. The highest BCUT2D eigenvalue weighted by atomic mass is 32.1. The Hall–Kier alpha value is -7.14. The van der Waals surface area contributed by atoms with E-state index in [1.807, 2.05) is 35.6 Å². The number of thiophene rings is 1. The summed E-state index contributed by atoms with van der Waals surface area (Å²) in [4.78, 5) is 10.2. The molecule has 0 radical (unpaired) electrons. The number of ether oxygens (including phenoxy) is 1. The summed E-state index contributed by atoms with van der Waals surface area (Å²) < 4.78 is 9.25. The lowest BCUT2D eigenvalue weighted by atomic mass is 9.66. The molecular weight excluding hydrogens is 713 g/mol. The van der Waals surface area contributed by atoms with Gasteiger partial charge in [-0.25, -0.2) is 9.97 Å². The second-order valence-corrected chi connectivity index (χ2v) is 15.9. The number of hydrogen-bond acceptors (Lipinski definition) is 4. The first-order valence-electron chi connectivity index (χ1n) is 19.3. The Morgan fingerprint density at radius 2 is 0.965 bits per heavy atom. The summed E-state index contributed by atoms with van der Waals surface area (Å²) >= 11 is 1.88. The zero-order chi connectivity index (χ0) is 37.5. The smallest absolute Gasteiger partial charge is 0.160 e. The SMILES string of the molecule is c1ccc(-c2cc(-c3ccc(-c4cc5c(c6c4sc4ccccc46)-c4ccccc4C54c5ccccc5Oc5ccccc54)cc3)nc(-c3ccccc3)n2)cc1. The van der Waals surface area contributed by atoms with Crippen LogP contribution in [-0.4, -0.2) is 9.97 Å². The van der Waals surface area contributed by atoms with Gasteiger partial charge in [-0.15, -0.1) is 11.3 Å². The molecule has 0 fully saturated rings. The number of rotatable bonds is 4. The summed E-state index contributed by atoms with van der Waals surface area (Å²) in [5.74, 6) is 2.51. The van der Waals surface area contributed by atoms with Crippen LogP contribution in [0.15, 0.2) is 194 Å². The molecule has 1 aliphatic heterocycles. The average molecular weight is 745 g/mol. The van der Waals surface area contributed by atoms with Gasteiger partial charge >= 0.3 is 0 Å². The zero-order valence-corrected chi connectivity index (χ0v) is 31.5. The van der Waals surface area contributed by atoms with Crippen LogP contribution in [0.5, 0.6) is 11.5 Å². The van der Waals surface area contributed by atoms with E-state index >= 15 is 0 Å². The molecule has 0 unspecified atom stereocenters. The van der Waals surface area contributed by atoms with Gasteiger partial charge in [-0.05, 0) is 63.7 Å². The molecule has 0 saturated carbocycles. The number of hydrogen-bond donors (Lipinski definition) is 0. The van der Waals surface area contributed by atoms with Crippen molar-refractivity contribution in [2.45, 2.75) is 5.41 Å². The van der Waals surface area contributed by atoms with Crippen LogP contribution in [0, 0.1) is 0 Å². The van der Waals surface area contributed by atoms with Crippen molar-refractivity contribution in [3.05, 3.63) is 216 Å². The first kappa shape index (κ1) is 32.1. The van der Waals surface area contributed by atoms with Crippen LogP contribution in [0.2, 0.25) is 0 Å². The molecule has 10 aromatic rings. The largest absolute Gasteiger partial charge is 0.457 e. The molecule has 57 heavy (non-hydrogen) atoms. The van der Waals surface area contributed by atoms with Crippen LogP contribution < -0.4 is 4.74 Å². The molecule has 4 heteroatoms. The first-order valence-corrected chi connectivity index (χ1v) is 20.1. The zero-order valence-electron chi connectivity index (χ0n) is 30.7. The third-order valence-electron chi connectivity index (χ3n) is 11.8. The summed E-state index contributed by atoms with van der Waals surface area (Å²) in [6.07, 6.45) is 0. The van der Waals surface area contributed by atoms with Gasteiger partial charge < -0.3 is 4.74 Å². The molecule has 266 valence electrons. The van der Waals surface area contributed by atoms with Crippen molar-refractivity contribution in [3.63, 3.8) is 0 Å². The predicted octanol–water partition coefficient (Wildman–Crippen LogP) is 14.0. The van der Waals surface area contributed by atoms with Crippen molar-refractivity contribution in [2.24, 2.45) is 0 Å². The Bertz CT molecular complexity index is 3100. The molecule has 3 heterocycles. The van der Waals surface area contributed by atoms with Gasteiger partial charge in [0.1, 0.15) is 11.5 Å². The van der Waals surface area contributed by atoms with Crippen molar-refractivity contribution in [3.8, 4) is 67.7 Å². The Morgan fingerprint density at radius 3 is 1.67 bits per heavy atom. The van der Waals surface area contributed by atoms with Crippen LogP contribution in [0.4, 0.5) is 0 Å². The molecule has 1 spiro atoms. The fourth-order valence-corrected chi connectivity index (χ4v) is 10.6. The van der Waals surface area contributed by atoms with Crippen molar-refractivity contribution in [1.82, 2.24) is 9.97 Å². The Morgan fingerprint density at radius 1 is 0.421 bits per heavy atom. The lowest BCUT2D eigenvalue weighted by molar-refractivity contribution is 0.436. The van der Waals surface area contributed by atoms with Crippen LogP contribution in [0.25, 0.3) is 76.3 Å². The van der Waals surface area contributed by atoms with Gasteiger partial charge in [-0.3, -0.25) is 0 Å². The van der Waals surface area contributed by atoms with E-state index in [4.69, 9.17) is 14.7 Å². The fourth-order valence-electron chi connectivity index (χ4n) is 9.33. The molecule has 0 amide bonds. The molecule has 2 aliphatic rings. The Balaban J connectivity index is 1.11. The lowest BCUT2D eigenvalue weighted by Crippen LogP contribution is -2.32. The van der Waals surface area contributed by atoms with E-state index in [9.17, 15) is 0 Å². The van der Waals surface area contributed by atoms with Gasteiger partial charge in [-0.1, -0.05) is 164 Å². The number of benzene rings is 8. The van der Waals surface area contributed by atoms with E-state index in [1.54, 1.807) is 0 Å². The number of fused-ring (bicyclic) bond motifs is 13. The quantitative estimate of drug-likeness (QED) is 0.180. The number of nitrogens with zero attached hydrogens (tertiary/aromatic N) is 2. The molecule has 0 N–H and O–H groups in total. The second-order valence-electron chi connectivity index (χ2n) is 14.8. The molecule has 1 aliphatic carbocycles. The monoisotopic (exact) mass is 744 g/mol. The Labute approximate surface area is 334 Å². The fraction of sp³-hybridized carbons (Fsp3) is 0.0189. The summed E-state index contributed by atoms with van der Waals surface area (Å²) in [5.41, 5.74) is 14.2. The van der Waals surface area contributed by atoms with E-state index < -0.39 is 5.41 Å². The van der Waals surface area contributed by atoms with Crippen LogP contribution in [0.1, 0.15) is 22.3 Å². The van der Waals surface area contributed by atoms with Gasteiger partial charge in [0.2, 0.25) is 0 Å². The van der Waals surface area contributed by atoms with E-state index in [0.717, 1.165) is 39.6 Å². The highest BCUT2D eigenvalue weighted by Crippen LogP contribution is 2.64. The van der Waals surface area contributed by atoms with Crippen LogP contribution >= 0.6 is 11.3 Å². The summed E-state index contributed by atoms with van der Waals surface area (Å²) in [6.45, 7) is 0. The van der Waals surface area contributed by atoms with Crippen molar-refractivity contribution in [2.75, 3.05) is 0 Å². The molecule has 0 bridgehead atoms. The predicted molar refractivity (Wildman–Crippen MR) is 234 cm³/mol. The average Bonchev–Trinajstić information content (AvgIpc) is 3.81. The molecule has 8 aromatic carbocycles.